The summed E-state index contributed by atoms with van der Waals surface area (Å²) in [4.78, 5) is 17.2. The quantitative estimate of drug-likeness (QED) is 0.699. The highest BCUT2D eigenvalue weighted by Gasteiger charge is 2.30. The number of rotatable bonds is 6. The molecule has 1 amide bonds. The molecule has 140 valence electrons. The first kappa shape index (κ1) is 18.9. The fourth-order valence-corrected chi connectivity index (χ4v) is 3.08. The van der Waals surface area contributed by atoms with Crippen molar-refractivity contribution in [3.63, 3.8) is 0 Å². The zero-order valence-corrected chi connectivity index (χ0v) is 16.0. The van der Waals surface area contributed by atoms with Crippen molar-refractivity contribution in [3.05, 3.63) is 83.9 Å². The molecule has 0 radical (unpaired) electrons. The second-order valence-electron chi connectivity index (χ2n) is 7.29. The molecule has 3 aromatic rings. The molecule has 0 spiro atoms. The van der Waals surface area contributed by atoms with E-state index in [-0.39, 0.29) is 5.91 Å². The second-order valence-corrected chi connectivity index (χ2v) is 7.29. The SMILES string of the molecule is CC(C)c1nccn1Cc1cccc(NC(=O)C(C)(N)c2ccccc2)c1. The van der Waals surface area contributed by atoms with Crippen LogP contribution in [-0.2, 0) is 16.9 Å². The summed E-state index contributed by atoms with van der Waals surface area (Å²) in [7, 11) is 0. The van der Waals surface area contributed by atoms with Gasteiger partial charge in [-0.1, -0.05) is 56.3 Å². The Morgan fingerprint density at radius 1 is 1.19 bits per heavy atom. The number of aromatic nitrogens is 2. The van der Waals surface area contributed by atoms with Crippen LogP contribution in [0.15, 0.2) is 67.0 Å². The summed E-state index contributed by atoms with van der Waals surface area (Å²) in [5.41, 5.74) is 7.80. The molecule has 1 atom stereocenters. The molecule has 0 aliphatic carbocycles. The molecule has 1 unspecified atom stereocenters. The third-order valence-electron chi connectivity index (χ3n) is 4.65. The van der Waals surface area contributed by atoms with Gasteiger partial charge in [0.15, 0.2) is 0 Å². The number of benzene rings is 2. The van der Waals surface area contributed by atoms with E-state index < -0.39 is 5.54 Å². The number of amides is 1. The van der Waals surface area contributed by atoms with Gasteiger partial charge in [-0.25, -0.2) is 4.98 Å². The van der Waals surface area contributed by atoms with E-state index in [9.17, 15) is 4.79 Å². The fourth-order valence-electron chi connectivity index (χ4n) is 3.08. The number of nitrogens with one attached hydrogen (secondary N) is 1. The third kappa shape index (κ3) is 4.26. The zero-order chi connectivity index (χ0) is 19.4. The van der Waals surface area contributed by atoms with Crippen LogP contribution in [0.2, 0.25) is 0 Å². The van der Waals surface area contributed by atoms with E-state index in [0.29, 0.717) is 12.5 Å². The van der Waals surface area contributed by atoms with Gasteiger partial charge in [0.2, 0.25) is 5.91 Å². The van der Waals surface area contributed by atoms with E-state index in [2.05, 4.69) is 28.7 Å². The molecule has 0 bridgehead atoms. The Kier molecular flexibility index (Phi) is 5.42. The van der Waals surface area contributed by atoms with Crippen molar-refractivity contribution < 1.29 is 4.79 Å². The second kappa shape index (κ2) is 7.76. The van der Waals surface area contributed by atoms with E-state index in [4.69, 9.17) is 5.73 Å². The average molecular weight is 362 g/mol. The van der Waals surface area contributed by atoms with Crippen LogP contribution >= 0.6 is 0 Å². The lowest BCUT2D eigenvalue weighted by molar-refractivity contribution is -0.120. The lowest BCUT2D eigenvalue weighted by atomic mass is 9.92. The van der Waals surface area contributed by atoms with Gasteiger partial charge in [-0.2, -0.15) is 0 Å². The molecule has 1 heterocycles. The normalized spacial score (nSPS) is 13.4. The summed E-state index contributed by atoms with van der Waals surface area (Å²) >= 11 is 0. The lowest BCUT2D eigenvalue weighted by Gasteiger charge is -2.24. The molecule has 0 saturated heterocycles. The van der Waals surface area contributed by atoms with Gasteiger partial charge in [-0.15, -0.1) is 0 Å². The van der Waals surface area contributed by atoms with Crippen molar-refractivity contribution in [2.75, 3.05) is 5.32 Å². The molecule has 5 nitrogen and oxygen atoms in total. The van der Waals surface area contributed by atoms with Gasteiger partial charge >= 0.3 is 0 Å². The predicted octanol–water partition coefficient (Wildman–Crippen LogP) is 3.87. The first-order chi connectivity index (χ1) is 12.9. The van der Waals surface area contributed by atoms with Crippen molar-refractivity contribution in [1.82, 2.24) is 9.55 Å². The van der Waals surface area contributed by atoms with Crippen LogP contribution in [0, 0.1) is 0 Å². The van der Waals surface area contributed by atoms with Crippen LogP contribution in [0.25, 0.3) is 0 Å². The first-order valence-electron chi connectivity index (χ1n) is 9.13. The molecular formula is C22H26N4O. The van der Waals surface area contributed by atoms with Crippen LogP contribution in [0.3, 0.4) is 0 Å². The molecule has 3 rings (SSSR count). The monoisotopic (exact) mass is 362 g/mol. The number of imidazole rings is 1. The van der Waals surface area contributed by atoms with E-state index in [1.165, 1.54) is 0 Å². The molecule has 3 N–H and O–H groups in total. The molecular weight excluding hydrogens is 336 g/mol. The van der Waals surface area contributed by atoms with E-state index >= 15 is 0 Å². The molecule has 2 aromatic carbocycles. The number of carbonyl (C=O) groups excluding carboxylic acids is 1. The molecule has 1 aromatic heterocycles. The Bertz CT molecular complexity index is 913. The molecule has 0 aliphatic heterocycles. The van der Waals surface area contributed by atoms with E-state index in [0.717, 1.165) is 22.6 Å². The maximum absolute atomic E-state index is 12.8. The summed E-state index contributed by atoms with van der Waals surface area (Å²) in [6.45, 7) is 6.68. The fraction of sp³-hybridized carbons (Fsp3) is 0.273. The lowest BCUT2D eigenvalue weighted by Crippen LogP contribution is -2.45. The van der Waals surface area contributed by atoms with Crippen LogP contribution in [0.1, 0.15) is 43.6 Å². The first-order valence-corrected chi connectivity index (χ1v) is 9.13. The van der Waals surface area contributed by atoms with Gasteiger partial charge in [0.25, 0.3) is 0 Å². The Morgan fingerprint density at radius 2 is 1.93 bits per heavy atom. The van der Waals surface area contributed by atoms with E-state index in [1.54, 1.807) is 6.92 Å². The Labute approximate surface area is 160 Å². The Hall–Kier alpha value is -2.92. The summed E-state index contributed by atoms with van der Waals surface area (Å²) in [6.07, 6.45) is 3.80. The van der Waals surface area contributed by atoms with Crippen molar-refractivity contribution in [1.29, 1.82) is 0 Å². The van der Waals surface area contributed by atoms with Crippen molar-refractivity contribution in [2.24, 2.45) is 5.73 Å². The van der Waals surface area contributed by atoms with E-state index in [1.807, 2.05) is 67.0 Å². The number of nitrogens with zero attached hydrogens (tertiary/aromatic N) is 2. The average Bonchev–Trinajstić information content (AvgIpc) is 3.11. The smallest absolute Gasteiger partial charge is 0.248 e. The van der Waals surface area contributed by atoms with Crippen LogP contribution in [0.4, 0.5) is 5.69 Å². The minimum absolute atomic E-state index is 0.239. The minimum Gasteiger partial charge on any atom is -0.330 e. The maximum atomic E-state index is 12.8. The van der Waals surface area contributed by atoms with Gasteiger partial charge in [-0.05, 0) is 30.2 Å². The van der Waals surface area contributed by atoms with Crippen LogP contribution in [-0.4, -0.2) is 15.5 Å². The van der Waals surface area contributed by atoms with Gasteiger partial charge in [0, 0.05) is 30.5 Å². The number of anilines is 1. The molecule has 0 fully saturated rings. The predicted molar refractivity (Wildman–Crippen MR) is 108 cm³/mol. The van der Waals surface area contributed by atoms with Gasteiger partial charge in [0.05, 0.1) is 0 Å². The van der Waals surface area contributed by atoms with Crippen molar-refractivity contribution in [3.8, 4) is 0 Å². The van der Waals surface area contributed by atoms with Crippen LogP contribution in [0.5, 0.6) is 0 Å². The van der Waals surface area contributed by atoms with Gasteiger partial charge in [-0.3, -0.25) is 4.79 Å². The molecule has 27 heavy (non-hydrogen) atoms. The molecule has 0 saturated carbocycles. The van der Waals surface area contributed by atoms with Crippen molar-refractivity contribution >= 4 is 11.6 Å². The highest BCUT2D eigenvalue weighted by Crippen LogP contribution is 2.21. The third-order valence-corrected chi connectivity index (χ3v) is 4.65. The van der Waals surface area contributed by atoms with Crippen LogP contribution < -0.4 is 11.1 Å². The number of hydrogen-bond donors (Lipinski definition) is 2. The highest BCUT2D eigenvalue weighted by atomic mass is 16.2. The number of nitrogens with two attached hydrogens (primary N) is 1. The summed E-state index contributed by atoms with van der Waals surface area (Å²) in [5.74, 6) is 1.16. The number of carbonyl (C=O) groups is 1. The molecule has 0 aliphatic rings. The standard InChI is InChI=1S/C22H26N4O/c1-16(2)20-24-12-13-26(20)15-17-8-7-11-19(14-17)25-21(27)22(3,23)18-9-5-4-6-10-18/h4-14,16H,15,23H2,1-3H3,(H,25,27). The topological polar surface area (TPSA) is 72.9 Å². The molecule has 5 heteroatoms. The largest absolute Gasteiger partial charge is 0.330 e. The minimum atomic E-state index is -1.10. The maximum Gasteiger partial charge on any atom is 0.248 e. The number of hydrogen-bond acceptors (Lipinski definition) is 3. The van der Waals surface area contributed by atoms with Gasteiger partial charge in [0.1, 0.15) is 11.4 Å². The summed E-state index contributed by atoms with van der Waals surface area (Å²) < 4.78 is 2.13. The Balaban J connectivity index is 1.76. The zero-order valence-electron chi connectivity index (χ0n) is 16.0. The van der Waals surface area contributed by atoms with Crippen molar-refractivity contribution in [2.45, 2.75) is 38.8 Å². The summed E-state index contributed by atoms with van der Waals surface area (Å²) in [5, 5.41) is 2.95. The highest BCUT2D eigenvalue weighted by molar-refractivity contribution is 5.98. The van der Waals surface area contributed by atoms with Gasteiger partial charge < -0.3 is 15.6 Å². The Morgan fingerprint density at radius 3 is 2.63 bits per heavy atom. The summed E-state index contributed by atoms with van der Waals surface area (Å²) in [6, 6.07) is 17.2.